The molecule has 0 aliphatic heterocycles. The highest BCUT2D eigenvalue weighted by molar-refractivity contribution is 7.08. The highest BCUT2D eigenvalue weighted by Crippen LogP contribution is 2.17. The summed E-state index contributed by atoms with van der Waals surface area (Å²) >= 11 is 1.73. The quantitative estimate of drug-likeness (QED) is 0.869. The third-order valence-corrected chi connectivity index (χ3v) is 3.62. The summed E-state index contributed by atoms with van der Waals surface area (Å²) in [6.07, 6.45) is 1.84. The van der Waals surface area contributed by atoms with E-state index in [9.17, 15) is 0 Å². The smallest absolute Gasteiger partial charge is 0.224 e. The van der Waals surface area contributed by atoms with E-state index in [-0.39, 0.29) is 0 Å². The summed E-state index contributed by atoms with van der Waals surface area (Å²) in [6, 6.07) is 0. The molecule has 0 saturated carbocycles. The molecule has 0 saturated heterocycles. The molecule has 0 radical (unpaired) electrons. The molecule has 0 aliphatic rings. The standard InChI is InChI=1S/C13H18N4S/c1-4-14-13-16-5-9(2)12(17-13)15-6-11-8-18-7-10(11)3/h5,7-8H,4,6H2,1-3H3,(H2,14,15,16,17). The lowest BCUT2D eigenvalue weighted by molar-refractivity contribution is 1.03. The van der Waals surface area contributed by atoms with Crippen molar-refractivity contribution in [3.05, 3.63) is 33.6 Å². The second-order valence-corrected chi connectivity index (χ2v) is 4.93. The molecule has 5 heteroatoms. The molecule has 96 valence electrons. The number of nitrogens with one attached hydrogen (secondary N) is 2. The number of thiophene rings is 1. The van der Waals surface area contributed by atoms with Gasteiger partial charge in [0, 0.05) is 24.8 Å². The summed E-state index contributed by atoms with van der Waals surface area (Å²) in [5.74, 6) is 1.57. The van der Waals surface area contributed by atoms with Crippen LogP contribution in [0.1, 0.15) is 23.6 Å². The molecule has 2 aromatic heterocycles. The largest absolute Gasteiger partial charge is 0.366 e. The predicted octanol–water partition coefficient (Wildman–Crippen LogP) is 3.20. The van der Waals surface area contributed by atoms with Crippen LogP contribution in [0, 0.1) is 13.8 Å². The van der Waals surface area contributed by atoms with Gasteiger partial charge < -0.3 is 10.6 Å². The maximum atomic E-state index is 4.46. The summed E-state index contributed by atoms with van der Waals surface area (Å²) in [4.78, 5) is 8.69. The monoisotopic (exact) mass is 262 g/mol. The zero-order valence-electron chi connectivity index (χ0n) is 10.9. The van der Waals surface area contributed by atoms with Crippen molar-refractivity contribution in [2.45, 2.75) is 27.3 Å². The van der Waals surface area contributed by atoms with E-state index in [1.807, 2.05) is 20.0 Å². The van der Waals surface area contributed by atoms with Gasteiger partial charge in [0.05, 0.1) is 0 Å². The third-order valence-electron chi connectivity index (χ3n) is 2.71. The van der Waals surface area contributed by atoms with E-state index in [1.165, 1.54) is 11.1 Å². The average molecular weight is 262 g/mol. The number of hydrogen-bond donors (Lipinski definition) is 2. The fraction of sp³-hybridized carbons (Fsp3) is 0.385. The van der Waals surface area contributed by atoms with Gasteiger partial charge in [-0.15, -0.1) is 0 Å². The van der Waals surface area contributed by atoms with Gasteiger partial charge in [-0.2, -0.15) is 16.3 Å². The third kappa shape index (κ3) is 2.98. The Morgan fingerprint density at radius 1 is 1.17 bits per heavy atom. The SMILES string of the molecule is CCNc1ncc(C)c(NCc2cscc2C)n1. The minimum absolute atomic E-state index is 0.674. The van der Waals surface area contributed by atoms with Crippen LogP contribution in [-0.4, -0.2) is 16.5 Å². The topological polar surface area (TPSA) is 49.8 Å². The molecule has 2 rings (SSSR count). The van der Waals surface area contributed by atoms with Crippen LogP contribution in [-0.2, 0) is 6.54 Å². The van der Waals surface area contributed by atoms with Gasteiger partial charge in [-0.05, 0) is 42.7 Å². The molecule has 0 aliphatic carbocycles. The maximum Gasteiger partial charge on any atom is 0.224 e. The maximum absolute atomic E-state index is 4.46. The Labute approximate surface area is 111 Å². The molecule has 0 bridgehead atoms. The second-order valence-electron chi connectivity index (χ2n) is 4.19. The van der Waals surface area contributed by atoms with Crippen LogP contribution in [0.3, 0.4) is 0 Å². The fourth-order valence-electron chi connectivity index (χ4n) is 1.61. The van der Waals surface area contributed by atoms with E-state index in [0.717, 1.165) is 24.5 Å². The van der Waals surface area contributed by atoms with Gasteiger partial charge >= 0.3 is 0 Å². The second kappa shape index (κ2) is 5.82. The van der Waals surface area contributed by atoms with Gasteiger partial charge in [0.15, 0.2) is 0 Å². The van der Waals surface area contributed by atoms with E-state index in [4.69, 9.17) is 0 Å². The summed E-state index contributed by atoms with van der Waals surface area (Å²) in [7, 11) is 0. The molecule has 2 N–H and O–H groups in total. The van der Waals surface area contributed by atoms with Crippen LogP contribution in [0.15, 0.2) is 17.0 Å². The van der Waals surface area contributed by atoms with Crippen LogP contribution < -0.4 is 10.6 Å². The van der Waals surface area contributed by atoms with E-state index in [2.05, 4.69) is 38.3 Å². The Hall–Kier alpha value is -1.62. The van der Waals surface area contributed by atoms with Crippen molar-refractivity contribution in [2.24, 2.45) is 0 Å². The number of anilines is 2. The van der Waals surface area contributed by atoms with Crippen molar-refractivity contribution < 1.29 is 0 Å². The van der Waals surface area contributed by atoms with Crippen molar-refractivity contribution in [3.63, 3.8) is 0 Å². The Kier molecular flexibility index (Phi) is 4.15. The van der Waals surface area contributed by atoms with E-state index in [1.54, 1.807) is 11.3 Å². The van der Waals surface area contributed by atoms with Gasteiger partial charge in [0.2, 0.25) is 5.95 Å². The van der Waals surface area contributed by atoms with Crippen molar-refractivity contribution in [2.75, 3.05) is 17.2 Å². The minimum Gasteiger partial charge on any atom is -0.366 e. The number of hydrogen-bond acceptors (Lipinski definition) is 5. The first-order valence-electron chi connectivity index (χ1n) is 6.03. The van der Waals surface area contributed by atoms with Crippen molar-refractivity contribution in [1.82, 2.24) is 9.97 Å². The highest BCUT2D eigenvalue weighted by atomic mass is 32.1. The van der Waals surface area contributed by atoms with Gasteiger partial charge in [0.25, 0.3) is 0 Å². The Morgan fingerprint density at radius 2 is 2.00 bits per heavy atom. The molecule has 18 heavy (non-hydrogen) atoms. The number of nitrogens with zero attached hydrogens (tertiary/aromatic N) is 2. The molecule has 4 nitrogen and oxygen atoms in total. The first-order chi connectivity index (χ1) is 8.70. The van der Waals surface area contributed by atoms with Gasteiger partial charge in [-0.3, -0.25) is 0 Å². The summed E-state index contributed by atoms with van der Waals surface area (Å²) in [5, 5.41) is 10.8. The number of aromatic nitrogens is 2. The van der Waals surface area contributed by atoms with Crippen LogP contribution in [0.25, 0.3) is 0 Å². The lowest BCUT2D eigenvalue weighted by Gasteiger charge is -2.10. The lowest BCUT2D eigenvalue weighted by Crippen LogP contribution is -2.08. The molecule has 0 atom stereocenters. The normalized spacial score (nSPS) is 10.4. The summed E-state index contributed by atoms with van der Waals surface area (Å²) in [5.41, 5.74) is 3.71. The van der Waals surface area contributed by atoms with Crippen LogP contribution in [0.2, 0.25) is 0 Å². The van der Waals surface area contributed by atoms with Gasteiger partial charge in [-0.25, -0.2) is 4.98 Å². The average Bonchev–Trinajstić information content (AvgIpc) is 2.76. The Bertz CT molecular complexity index is 521. The predicted molar refractivity (Wildman–Crippen MR) is 77.3 cm³/mol. The lowest BCUT2D eigenvalue weighted by atomic mass is 10.2. The highest BCUT2D eigenvalue weighted by Gasteiger charge is 2.04. The van der Waals surface area contributed by atoms with Crippen LogP contribution >= 0.6 is 11.3 Å². The molecule has 2 aromatic rings. The molecule has 0 fully saturated rings. The number of aryl methyl sites for hydroxylation is 2. The van der Waals surface area contributed by atoms with Crippen molar-refractivity contribution >= 4 is 23.1 Å². The van der Waals surface area contributed by atoms with Crippen LogP contribution in [0.4, 0.5) is 11.8 Å². The molecular formula is C13H18N4S. The summed E-state index contributed by atoms with van der Waals surface area (Å²) < 4.78 is 0. The Balaban J connectivity index is 2.08. The van der Waals surface area contributed by atoms with Crippen LogP contribution in [0.5, 0.6) is 0 Å². The summed E-state index contributed by atoms with van der Waals surface area (Å²) in [6.45, 7) is 7.80. The number of rotatable bonds is 5. The molecule has 0 aromatic carbocycles. The van der Waals surface area contributed by atoms with E-state index in [0.29, 0.717) is 5.95 Å². The van der Waals surface area contributed by atoms with Crippen molar-refractivity contribution in [3.8, 4) is 0 Å². The molecular weight excluding hydrogens is 244 g/mol. The zero-order chi connectivity index (χ0) is 13.0. The fourth-order valence-corrected chi connectivity index (χ4v) is 2.47. The first-order valence-corrected chi connectivity index (χ1v) is 6.98. The zero-order valence-corrected chi connectivity index (χ0v) is 11.8. The van der Waals surface area contributed by atoms with Gasteiger partial charge in [0.1, 0.15) is 5.82 Å². The molecule has 0 spiro atoms. The molecule has 2 heterocycles. The van der Waals surface area contributed by atoms with E-state index < -0.39 is 0 Å². The first kappa shape index (κ1) is 12.8. The Morgan fingerprint density at radius 3 is 2.67 bits per heavy atom. The van der Waals surface area contributed by atoms with E-state index >= 15 is 0 Å². The molecule has 0 unspecified atom stereocenters. The minimum atomic E-state index is 0.674. The van der Waals surface area contributed by atoms with Crippen molar-refractivity contribution in [1.29, 1.82) is 0 Å². The van der Waals surface area contributed by atoms with Gasteiger partial charge in [-0.1, -0.05) is 0 Å². The molecule has 0 amide bonds.